The smallest absolute Gasteiger partial charge is 0.269 e. The van der Waals surface area contributed by atoms with E-state index in [2.05, 4.69) is 18.7 Å². The third kappa shape index (κ3) is 3.66. The zero-order valence-corrected chi connectivity index (χ0v) is 15.2. The summed E-state index contributed by atoms with van der Waals surface area (Å²) < 4.78 is 0. The number of non-ortho nitro benzene ring substituents is 1. The van der Waals surface area contributed by atoms with Crippen LogP contribution in [-0.2, 0) is 6.42 Å². The maximum absolute atomic E-state index is 12.7. The van der Waals surface area contributed by atoms with Gasteiger partial charge in [-0.25, -0.2) is 0 Å². The van der Waals surface area contributed by atoms with Crippen LogP contribution in [0.3, 0.4) is 0 Å². The number of anilines is 1. The fraction of sp³-hybridized carbons (Fsp3) is 0.389. The monoisotopic (exact) mass is 359 g/mol. The summed E-state index contributed by atoms with van der Waals surface area (Å²) in [6.45, 7) is 6.94. The topological polar surface area (TPSA) is 66.7 Å². The fourth-order valence-electron chi connectivity index (χ4n) is 3.08. The highest BCUT2D eigenvalue weighted by molar-refractivity contribution is 7.14. The Balaban J connectivity index is 1.62. The van der Waals surface area contributed by atoms with Gasteiger partial charge in [0.25, 0.3) is 11.6 Å². The van der Waals surface area contributed by atoms with Gasteiger partial charge in [-0.05, 0) is 37.1 Å². The lowest BCUT2D eigenvalue weighted by molar-refractivity contribution is -0.384. The highest BCUT2D eigenvalue weighted by Gasteiger charge is 2.24. The van der Waals surface area contributed by atoms with E-state index in [-0.39, 0.29) is 11.6 Å². The van der Waals surface area contributed by atoms with E-state index in [0.29, 0.717) is 13.1 Å². The van der Waals surface area contributed by atoms with Crippen LogP contribution in [0.2, 0.25) is 0 Å². The number of aryl methyl sites for hydroxylation is 2. The predicted octanol–water partition coefficient (Wildman–Crippen LogP) is 3.49. The van der Waals surface area contributed by atoms with Crippen molar-refractivity contribution in [3.8, 4) is 0 Å². The first kappa shape index (κ1) is 17.4. The highest BCUT2D eigenvalue weighted by Crippen LogP contribution is 2.25. The van der Waals surface area contributed by atoms with E-state index >= 15 is 0 Å². The first-order chi connectivity index (χ1) is 12.0. The molecule has 1 fully saturated rings. The van der Waals surface area contributed by atoms with E-state index in [1.165, 1.54) is 22.6 Å². The summed E-state index contributed by atoms with van der Waals surface area (Å²) in [6, 6.07) is 8.58. The first-order valence-electron chi connectivity index (χ1n) is 8.37. The zero-order valence-electron chi connectivity index (χ0n) is 14.4. The van der Waals surface area contributed by atoms with Gasteiger partial charge in [-0.1, -0.05) is 6.92 Å². The lowest BCUT2D eigenvalue weighted by atomic mass is 10.2. The molecule has 0 radical (unpaired) electrons. The number of amides is 1. The molecule has 3 rings (SSSR count). The van der Waals surface area contributed by atoms with E-state index in [0.717, 1.165) is 30.1 Å². The van der Waals surface area contributed by atoms with Gasteiger partial charge in [0.05, 0.1) is 9.80 Å². The summed E-state index contributed by atoms with van der Waals surface area (Å²) in [4.78, 5) is 29.2. The molecule has 0 aliphatic carbocycles. The second-order valence-electron chi connectivity index (χ2n) is 6.12. The molecule has 1 aromatic heterocycles. The molecule has 6 nitrogen and oxygen atoms in total. The quantitative estimate of drug-likeness (QED) is 0.619. The number of hydrogen-bond acceptors (Lipinski definition) is 5. The highest BCUT2D eigenvalue weighted by atomic mass is 32.1. The molecule has 0 unspecified atom stereocenters. The van der Waals surface area contributed by atoms with Crippen LogP contribution >= 0.6 is 11.3 Å². The standard InChI is InChI=1S/C18H21N3O3S/c1-3-16-13(2)12-17(25-16)18(22)20-10-8-19(9-11-20)14-4-6-15(7-5-14)21(23)24/h4-7,12H,3,8-11H2,1-2H3. The van der Waals surface area contributed by atoms with E-state index in [9.17, 15) is 14.9 Å². The van der Waals surface area contributed by atoms with Crippen LogP contribution in [0.5, 0.6) is 0 Å². The Morgan fingerprint density at radius 3 is 2.36 bits per heavy atom. The van der Waals surface area contributed by atoms with Crippen LogP contribution < -0.4 is 4.90 Å². The van der Waals surface area contributed by atoms with Gasteiger partial charge in [-0.15, -0.1) is 11.3 Å². The van der Waals surface area contributed by atoms with Gasteiger partial charge in [-0.3, -0.25) is 14.9 Å². The fourth-order valence-corrected chi connectivity index (χ4v) is 4.17. The molecule has 1 saturated heterocycles. The second-order valence-corrected chi connectivity index (χ2v) is 7.26. The number of rotatable bonds is 4. The normalized spacial score (nSPS) is 14.6. The molecule has 1 aliphatic heterocycles. The first-order valence-corrected chi connectivity index (χ1v) is 9.19. The third-order valence-electron chi connectivity index (χ3n) is 4.55. The number of carbonyl (C=O) groups is 1. The average molecular weight is 359 g/mol. The summed E-state index contributed by atoms with van der Waals surface area (Å²) in [7, 11) is 0. The summed E-state index contributed by atoms with van der Waals surface area (Å²) in [5.74, 6) is 0.108. The number of nitro benzene ring substituents is 1. The summed E-state index contributed by atoms with van der Waals surface area (Å²) >= 11 is 1.59. The van der Waals surface area contributed by atoms with Gasteiger partial charge in [0, 0.05) is 48.9 Å². The van der Waals surface area contributed by atoms with Gasteiger partial charge < -0.3 is 9.80 Å². The molecule has 0 N–H and O–H groups in total. The van der Waals surface area contributed by atoms with E-state index in [1.807, 2.05) is 11.0 Å². The SMILES string of the molecule is CCc1sc(C(=O)N2CCN(c3ccc([N+](=O)[O-])cc3)CC2)cc1C. The Labute approximate surface area is 150 Å². The molecule has 132 valence electrons. The minimum Gasteiger partial charge on any atom is -0.368 e. The van der Waals surface area contributed by atoms with Gasteiger partial charge >= 0.3 is 0 Å². The van der Waals surface area contributed by atoms with Crippen LogP contribution in [0.1, 0.15) is 27.0 Å². The molecular formula is C18H21N3O3S. The number of hydrogen-bond donors (Lipinski definition) is 0. The molecule has 7 heteroatoms. The number of thiophene rings is 1. The Kier molecular flexibility index (Phi) is 5.03. The van der Waals surface area contributed by atoms with Gasteiger partial charge in [0.1, 0.15) is 0 Å². The Morgan fingerprint density at radius 2 is 1.84 bits per heavy atom. The van der Waals surface area contributed by atoms with E-state index in [1.54, 1.807) is 23.5 Å². The third-order valence-corrected chi connectivity index (χ3v) is 5.91. The zero-order chi connectivity index (χ0) is 18.0. The number of piperazine rings is 1. The number of nitrogens with zero attached hydrogens (tertiary/aromatic N) is 3. The van der Waals surface area contributed by atoms with Crippen molar-refractivity contribution in [2.24, 2.45) is 0 Å². The van der Waals surface area contributed by atoms with Crippen molar-refractivity contribution in [2.45, 2.75) is 20.3 Å². The molecule has 0 bridgehead atoms. The van der Waals surface area contributed by atoms with Crippen LogP contribution in [0.4, 0.5) is 11.4 Å². The van der Waals surface area contributed by atoms with Crippen molar-refractivity contribution in [3.05, 3.63) is 55.8 Å². The molecule has 1 aliphatic rings. The predicted molar refractivity (Wildman–Crippen MR) is 99.6 cm³/mol. The number of nitro groups is 1. The van der Waals surface area contributed by atoms with Crippen molar-refractivity contribution in [1.82, 2.24) is 4.90 Å². The van der Waals surface area contributed by atoms with Crippen LogP contribution in [0.15, 0.2) is 30.3 Å². The summed E-state index contributed by atoms with van der Waals surface area (Å²) in [5, 5.41) is 10.7. The van der Waals surface area contributed by atoms with Gasteiger partial charge in [0.2, 0.25) is 0 Å². The molecule has 2 aromatic rings. The molecular weight excluding hydrogens is 338 g/mol. The Bertz CT molecular complexity index is 777. The van der Waals surface area contributed by atoms with Crippen molar-refractivity contribution in [1.29, 1.82) is 0 Å². The Hall–Kier alpha value is -2.41. The molecule has 0 spiro atoms. The molecule has 1 aromatic carbocycles. The second kappa shape index (κ2) is 7.23. The number of carbonyl (C=O) groups excluding carboxylic acids is 1. The maximum Gasteiger partial charge on any atom is 0.269 e. The summed E-state index contributed by atoms with van der Waals surface area (Å²) in [5.41, 5.74) is 2.25. The molecule has 0 saturated carbocycles. The molecule has 2 heterocycles. The minimum atomic E-state index is -0.395. The maximum atomic E-state index is 12.7. The van der Waals surface area contributed by atoms with Crippen molar-refractivity contribution in [2.75, 3.05) is 31.1 Å². The van der Waals surface area contributed by atoms with Gasteiger partial charge in [0.15, 0.2) is 0 Å². The van der Waals surface area contributed by atoms with Crippen molar-refractivity contribution < 1.29 is 9.72 Å². The lowest BCUT2D eigenvalue weighted by Crippen LogP contribution is -2.48. The van der Waals surface area contributed by atoms with E-state index in [4.69, 9.17) is 0 Å². The molecule has 0 atom stereocenters. The van der Waals surface area contributed by atoms with Gasteiger partial charge in [-0.2, -0.15) is 0 Å². The average Bonchev–Trinajstić information content (AvgIpc) is 3.02. The van der Waals surface area contributed by atoms with Crippen LogP contribution in [-0.4, -0.2) is 41.9 Å². The minimum absolute atomic E-state index is 0.0948. The van der Waals surface area contributed by atoms with Crippen molar-refractivity contribution in [3.63, 3.8) is 0 Å². The molecule has 1 amide bonds. The van der Waals surface area contributed by atoms with Crippen LogP contribution in [0.25, 0.3) is 0 Å². The van der Waals surface area contributed by atoms with E-state index < -0.39 is 4.92 Å². The summed E-state index contributed by atoms with van der Waals surface area (Å²) in [6.07, 6.45) is 0.956. The number of benzene rings is 1. The lowest BCUT2D eigenvalue weighted by Gasteiger charge is -2.35. The largest absolute Gasteiger partial charge is 0.368 e. The Morgan fingerprint density at radius 1 is 1.20 bits per heavy atom. The molecule has 25 heavy (non-hydrogen) atoms. The van der Waals surface area contributed by atoms with Crippen molar-refractivity contribution >= 4 is 28.6 Å². The van der Waals surface area contributed by atoms with Crippen LogP contribution in [0, 0.1) is 17.0 Å².